The van der Waals surface area contributed by atoms with Crippen LogP contribution in [0.25, 0.3) is 22.2 Å². The first kappa shape index (κ1) is 23.8. The molecule has 0 aliphatic heterocycles. The summed E-state index contributed by atoms with van der Waals surface area (Å²) < 4.78 is 0. The first-order chi connectivity index (χ1) is 16.7. The number of carboxylic acid groups (broad SMARTS) is 1. The second kappa shape index (κ2) is 9.90. The normalized spacial score (nSPS) is 11.7. The summed E-state index contributed by atoms with van der Waals surface area (Å²) in [6.45, 7) is 1.73. The van der Waals surface area contributed by atoms with Crippen LogP contribution < -0.4 is 5.32 Å². The lowest BCUT2D eigenvalue weighted by Gasteiger charge is -2.16. The maximum absolute atomic E-state index is 12.7. The number of aryl methyl sites for hydroxylation is 1. The molecular weight excluding hydrogens is 470 g/mol. The molecule has 0 spiro atoms. The van der Waals surface area contributed by atoms with Crippen molar-refractivity contribution in [2.75, 3.05) is 0 Å². The lowest BCUT2D eigenvalue weighted by molar-refractivity contribution is -0.384. The van der Waals surface area contributed by atoms with Gasteiger partial charge in [0.05, 0.1) is 32.3 Å². The zero-order valence-electron chi connectivity index (χ0n) is 18.6. The number of rotatable bonds is 7. The Kier molecular flexibility index (Phi) is 6.75. The van der Waals surface area contributed by atoms with Gasteiger partial charge in [0, 0.05) is 17.9 Å². The Morgan fingerprint density at radius 3 is 2.57 bits per heavy atom. The fourth-order valence-electron chi connectivity index (χ4n) is 3.89. The van der Waals surface area contributed by atoms with E-state index in [1.54, 1.807) is 73.7 Å². The number of halogens is 1. The van der Waals surface area contributed by atoms with Gasteiger partial charge in [-0.3, -0.25) is 14.9 Å². The molecule has 35 heavy (non-hydrogen) atoms. The number of carbonyl (C=O) groups excluding carboxylic acids is 1. The average Bonchev–Trinajstić information content (AvgIpc) is 2.83. The van der Waals surface area contributed by atoms with Crippen LogP contribution in [0.2, 0.25) is 5.02 Å². The predicted molar refractivity (Wildman–Crippen MR) is 133 cm³/mol. The molecule has 8 nitrogen and oxygen atoms in total. The third-order valence-electron chi connectivity index (χ3n) is 5.62. The molecule has 9 heteroatoms. The van der Waals surface area contributed by atoms with Crippen LogP contribution in [-0.4, -0.2) is 32.9 Å². The summed E-state index contributed by atoms with van der Waals surface area (Å²) >= 11 is 6.14. The molecule has 0 saturated carbocycles. The van der Waals surface area contributed by atoms with Gasteiger partial charge in [-0.05, 0) is 48.4 Å². The molecule has 0 saturated heterocycles. The van der Waals surface area contributed by atoms with Crippen molar-refractivity contribution >= 4 is 40.1 Å². The number of nitro groups is 1. The fourth-order valence-corrected chi connectivity index (χ4v) is 4.19. The maximum atomic E-state index is 12.7. The second-order valence-electron chi connectivity index (χ2n) is 8.00. The lowest BCUT2D eigenvalue weighted by Crippen LogP contribution is -2.42. The van der Waals surface area contributed by atoms with Gasteiger partial charge in [-0.1, -0.05) is 48.0 Å². The summed E-state index contributed by atoms with van der Waals surface area (Å²) in [7, 11) is 0. The molecule has 0 bridgehead atoms. The first-order valence-electron chi connectivity index (χ1n) is 10.7. The van der Waals surface area contributed by atoms with Crippen LogP contribution >= 0.6 is 11.6 Å². The van der Waals surface area contributed by atoms with E-state index in [-0.39, 0.29) is 22.7 Å². The number of hydrogen-bond acceptors (Lipinski definition) is 5. The van der Waals surface area contributed by atoms with E-state index in [0.717, 1.165) is 5.39 Å². The number of fused-ring (bicyclic) bond motifs is 1. The highest BCUT2D eigenvalue weighted by Gasteiger charge is 2.23. The van der Waals surface area contributed by atoms with Crippen LogP contribution in [-0.2, 0) is 11.2 Å². The van der Waals surface area contributed by atoms with Gasteiger partial charge in [0.25, 0.3) is 11.6 Å². The van der Waals surface area contributed by atoms with Crippen molar-refractivity contribution in [3.05, 3.63) is 105 Å². The lowest BCUT2D eigenvalue weighted by atomic mass is 10.0. The van der Waals surface area contributed by atoms with E-state index in [2.05, 4.69) is 10.3 Å². The van der Waals surface area contributed by atoms with Gasteiger partial charge < -0.3 is 10.4 Å². The number of aromatic nitrogens is 1. The highest BCUT2D eigenvalue weighted by Crippen LogP contribution is 2.29. The average molecular weight is 490 g/mol. The molecule has 0 fully saturated rings. The Morgan fingerprint density at radius 1 is 1.09 bits per heavy atom. The van der Waals surface area contributed by atoms with Gasteiger partial charge in [0.1, 0.15) is 6.04 Å². The van der Waals surface area contributed by atoms with Crippen molar-refractivity contribution < 1.29 is 19.6 Å². The van der Waals surface area contributed by atoms with Crippen LogP contribution in [0.15, 0.2) is 72.8 Å². The van der Waals surface area contributed by atoms with E-state index in [4.69, 9.17) is 11.6 Å². The summed E-state index contributed by atoms with van der Waals surface area (Å²) in [5.41, 5.74) is 3.00. The number of carbonyl (C=O) groups is 2. The van der Waals surface area contributed by atoms with Crippen LogP contribution in [0.4, 0.5) is 5.69 Å². The topological polar surface area (TPSA) is 122 Å². The molecule has 1 aromatic heterocycles. The van der Waals surface area contributed by atoms with Crippen molar-refractivity contribution in [2.24, 2.45) is 0 Å². The summed E-state index contributed by atoms with van der Waals surface area (Å²) in [6, 6.07) is 18.9. The highest BCUT2D eigenvalue weighted by molar-refractivity contribution is 6.34. The quantitative estimate of drug-likeness (QED) is 0.272. The number of para-hydroxylation sites is 1. The van der Waals surface area contributed by atoms with Gasteiger partial charge in [0.2, 0.25) is 0 Å². The molecule has 3 aromatic carbocycles. The Balaban J connectivity index is 1.59. The molecule has 1 amide bonds. The van der Waals surface area contributed by atoms with Gasteiger partial charge in [-0.15, -0.1) is 0 Å². The van der Waals surface area contributed by atoms with E-state index in [9.17, 15) is 24.8 Å². The van der Waals surface area contributed by atoms with Crippen molar-refractivity contribution in [3.63, 3.8) is 0 Å². The molecule has 4 rings (SSSR count). The summed E-state index contributed by atoms with van der Waals surface area (Å²) in [5.74, 6) is -1.73. The van der Waals surface area contributed by atoms with E-state index < -0.39 is 22.8 Å². The van der Waals surface area contributed by atoms with Crippen LogP contribution in [0.5, 0.6) is 0 Å². The predicted octanol–water partition coefficient (Wildman–Crippen LogP) is 5.20. The molecule has 4 aromatic rings. The fraction of sp³-hybridized carbons (Fsp3) is 0.115. The summed E-state index contributed by atoms with van der Waals surface area (Å²) in [6.07, 6.45) is 0.0480. The van der Waals surface area contributed by atoms with Crippen molar-refractivity contribution in [3.8, 4) is 11.3 Å². The third kappa shape index (κ3) is 5.12. The number of amides is 1. The first-order valence-corrected chi connectivity index (χ1v) is 11.0. The van der Waals surface area contributed by atoms with E-state index >= 15 is 0 Å². The van der Waals surface area contributed by atoms with E-state index in [1.807, 2.05) is 0 Å². The Bertz CT molecular complexity index is 1450. The molecule has 176 valence electrons. The zero-order chi connectivity index (χ0) is 25.1. The number of nitrogens with one attached hydrogen (secondary N) is 1. The minimum atomic E-state index is -1.17. The largest absolute Gasteiger partial charge is 0.480 e. The molecule has 0 radical (unpaired) electrons. The number of aliphatic carboxylic acids is 1. The Hall–Kier alpha value is -4.30. The monoisotopic (exact) mass is 489 g/mol. The number of benzene rings is 3. The molecule has 0 aliphatic carbocycles. The van der Waals surface area contributed by atoms with Crippen molar-refractivity contribution in [1.29, 1.82) is 0 Å². The Labute approximate surface area is 205 Å². The van der Waals surface area contributed by atoms with Crippen LogP contribution in [0, 0.1) is 17.0 Å². The standard InChI is InChI=1S/C26H20ClN3O5/c1-15-5-4-7-19(27)24(15)25(31)29-22(26(32)33)14-16-9-11-20-17(13-16)10-12-21(28-20)18-6-2-3-8-23(18)30(34)35/h2-13,22H,14H2,1H3,(H,29,31)(H,32,33)/t22-/m0/s1. The number of pyridine rings is 1. The smallest absolute Gasteiger partial charge is 0.326 e. The number of nitrogens with zero attached hydrogens (tertiary/aromatic N) is 2. The van der Waals surface area contributed by atoms with E-state index in [1.165, 1.54) is 6.07 Å². The molecule has 0 aliphatic rings. The van der Waals surface area contributed by atoms with Gasteiger partial charge >= 0.3 is 5.97 Å². The molecule has 1 atom stereocenters. The molecule has 1 heterocycles. The van der Waals surface area contributed by atoms with Gasteiger partial charge in [-0.2, -0.15) is 0 Å². The van der Waals surface area contributed by atoms with Gasteiger partial charge in [0.15, 0.2) is 0 Å². The highest BCUT2D eigenvalue weighted by atomic mass is 35.5. The number of nitro benzene ring substituents is 1. The minimum Gasteiger partial charge on any atom is -0.480 e. The Morgan fingerprint density at radius 2 is 1.86 bits per heavy atom. The minimum absolute atomic E-state index is 0.0373. The van der Waals surface area contributed by atoms with E-state index in [0.29, 0.717) is 27.9 Å². The molecular formula is C26H20ClN3O5. The van der Waals surface area contributed by atoms with Crippen molar-refractivity contribution in [2.45, 2.75) is 19.4 Å². The second-order valence-corrected chi connectivity index (χ2v) is 8.41. The summed E-state index contributed by atoms with van der Waals surface area (Å²) in [5, 5.41) is 24.6. The zero-order valence-corrected chi connectivity index (χ0v) is 19.3. The summed E-state index contributed by atoms with van der Waals surface area (Å²) in [4.78, 5) is 40.1. The maximum Gasteiger partial charge on any atom is 0.326 e. The molecule has 0 unspecified atom stereocenters. The molecule has 2 N–H and O–H groups in total. The number of carboxylic acids is 1. The van der Waals surface area contributed by atoms with Crippen LogP contribution in [0.1, 0.15) is 21.5 Å². The van der Waals surface area contributed by atoms with Crippen LogP contribution in [0.3, 0.4) is 0 Å². The van der Waals surface area contributed by atoms with Gasteiger partial charge in [-0.25, -0.2) is 9.78 Å². The van der Waals surface area contributed by atoms with Crippen molar-refractivity contribution in [1.82, 2.24) is 10.3 Å². The number of hydrogen-bond donors (Lipinski definition) is 2. The SMILES string of the molecule is Cc1cccc(Cl)c1C(=O)N[C@@H](Cc1ccc2nc(-c3ccccc3[N+](=O)[O-])ccc2c1)C(=O)O. The third-order valence-corrected chi connectivity index (χ3v) is 5.94.